The number of carbonyl (C=O) groups excluding carboxylic acids is 1. The zero-order valence-corrected chi connectivity index (χ0v) is 17.9. The number of benzene rings is 2. The smallest absolute Gasteiger partial charge is 0.256 e. The second-order valence-corrected chi connectivity index (χ2v) is 8.18. The van der Waals surface area contributed by atoms with E-state index >= 15 is 0 Å². The van der Waals surface area contributed by atoms with E-state index in [2.05, 4.69) is 15.0 Å². The van der Waals surface area contributed by atoms with Crippen LogP contribution in [0.1, 0.15) is 10.4 Å². The predicted octanol–water partition coefficient (Wildman–Crippen LogP) is 3.05. The molecule has 1 amide bonds. The van der Waals surface area contributed by atoms with E-state index < -0.39 is 17.2 Å². The molecule has 0 spiro atoms. The second kappa shape index (κ2) is 8.25. The summed E-state index contributed by atoms with van der Waals surface area (Å²) in [7, 11) is 2.04. The molecule has 3 heterocycles. The largest absolute Gasteiger partial charge is 0.336 e. The molecule has 4 aromatic rings. The third kappa shape index (κ3) is 4.03. The van der Waals surface area contributed by atoms with Gasteiger partial charge in [0, 0.05) is 55.0 Å². The Balaban J connectivity index is 1.40. The number of aromatic nitrogens is 3. The maximum atomic E-state index is 13.6. The summed E-state index contributed by atoms with van der Waals surface area (Å²) < 4.78 is 28.7. The monoisotopic (exact) mass is 449 g/mol. The van der Waals surface area contributed by atoms with E-state index in [1.54, 1.807) is 35.1 Å². The number of H-pyrrole nitrogens is 1. The quantitative estimate of drug-likeness (QED) is 0.522. The van der Waals surface area contributed by atoms with Crippen molar-refractivity contribution < 1.29 is 13.6 Å². The van der Waals surface area contributed by atoms with Crippen LogP contribution in [0.25, 0.3) is 27.7 Å². The Labute approximate surface area is 187 Å². The number of nitrogens with one attached hydrogen (secondary N) is 1. The number of piperazine rings is 1. The standard InChI is InChI=1S/C24H21F2N5O2/c1-29-6-8-30(9-7-29)24(33)15-2-4-18(5-3-15)31-14-17(13-27-31)19-10-16-11-20(25)21(26)12-22(16)28-23(19)32/h2-5,10-14H,6-9H2,1H3,(H,28,32). The Bertz CT molecular complexity index is 1400. The maximum Gasteiger partial charge on any atom is 0.256 e. The number of hydrogen-bond acceptors (Lipinski definition) is 4. The van der Waals surface area contributed by atoms with E-state index in [1.807, 2.05) is 11.9 Å². The first-order valence-electron chi connectivity index (χ1n) is 10.5. The molecule has 7 nitrogen and oxygen atoms in total. The summed E-state index contributed by atoms with van der Waals surface area (Å²) >= 11 is 0. The van der Waals surface area contributed by atoms with E-state index in [-0.39, 0.29) is 11.4 Å². The van der Waals surface area contributed by atoms with E-state index in [0.717, 1.165) is 30.9 Å². The van der Waals surface area contributed by atoms with Gasteiger partial charge in [-0.15, -0.1) is 0 Å². The van der Waals surface area contributed by atoms with Crippen molar-refractivity contribution in [2.75, 3.05) is 33.2 Å². The van der Waals surface area contributed by atoms with Gasteiger partial charge in [-0.2, -0.15) is 5.10 Å². The van der Waals surface area contributed by atoms with Crippen LogP contribution in [0.2, 0.25) is 0 Å². The summed E-state index contributed by atoms with van der Waals surface area (Å²) in [6.07, 6.45) is 3.20. The van der Waals surface area contributed by atoms with Crippen molar-refractivity contribution in [2.24, 2.45) is 0 Å². The first-order chi connectivity index (χ1) is 15.9. The molecule has 1 aliphatic heterocycles. The highest BCUT2D eigenvalue weighted by atomic mass is 19.2. The molecule has 1 N–H and O–H groups in total. The normalized spacial score (nSPS) is 14.7. The van der Waals surface area contributed by atoms with E-state index in [4.69, 9.17) is 0 Å². The van der Waals surface area contributed by atoms with Crippen LogP contribution in [0.4, 0.5) is 8.78 Å². The molecular weight excluding hydrogens is 428 g/mol. The Morgan fingerprint density at radius 1 is 1.00 bits per heavy atom. The predicted molar refractivity (Wildman–Crippen MR) is 120 cm³/mol. The summed E-state index contributed by atoms with van der Waals surface area (Å²) in [6.45, 7) is 3.12. The SMILES string of the molecule is CN1CCN(C(=O)c2ccc(-n3cc(-c4cc5cc(F)c(F)cc5[nH]c4=O)cn3)cc2)CC1. The van der Waals surface area contributed by atoms with Crippen LogP contribution in [0.15, 0.2) is 59.7 Å². The highest BCUT2D eigenvalue weighted by Gasteiger charge is 2.20. The molecule has 2 aromatic carbocycles. The van der Waals surface area contributed by atoms with Gasteiger partial charge in [0.25, 0.3) is 11.5 Å². The van der Waals surface area contributed by atoms with Crippen molar-refractivity contribution in [3.63, 3.8) is 0 Å². The fourth-order valence-electron chi connectivity index (χ4n) is 3.97. The Morgan fingerprint density at radius 3 is 2.42 bits per heavy atom. The van der Waals surface area contributed by atoms with Crippen LogP contribution in [0, 0.1) is 11.6 Å². The molecule has 0 atom stereocenters. The highest BCUT2D eigenvalue weighted by molar-refractivity contribution is 5.94. The number of hydrogen-bond donors (Lipinski definition) is 1. The fraction of sp³-hybridized carbons (Fsp3) is 0.208. The summed E-state index contributed by atoms with van der Waals surface area (Å²) in [5.74, 6) is -2.00. The first-order valence-corrected chi connectivity index (χ1v) is 10.5. The zero-order chi connectivity index (χ0) is 23.1. The summed E-state index contributed by atoms with van der Waals surface area (Å²) in [4.78, 5) is 31.9. The zero-order valence-electron chi connectivity index (χ0n) is 17.9. The lowest BCUT2D eigenvalue weighted by Gasteiger charge is -2.32. The number of aromatic amines is 1. The van der Waals surface area contributed by atoms with Crippen LogP contribution >= 0.6 is 0 Å². The highest BCUT2D eigenvalue weighted by Crippen LogP contribution is 2.22. The lowest BCUT2D eigenvalue weighted by molar-refractivity contribution is 0.0664. The number of amides is 1. The molecule has 2 aromatic heterocycles. The summed E-state index contributed by atoms with van der Waals surface area (Å²) in [5.41, 5.74) is 1.94. The van der Waals surface area contributed by atoms with Crippen molar-refractivity contribution in [1.29, 1.82) is 0 Å². The number of fused-ring (bicyclic) bond motifs is 1. The molecular formula is C24H21F2N5O2. The minimum absolute atomic E-state index is 0.00201. The third-order valence-corrected chi connectivity index (χ3v) is 5.95. The van der Waals surface area contributed by atoms with Gasteiger partial charge < -0.3 is 14.8 Å². The molecule has 5 rings (SSSR count). The average Bonchev–Trinajstić information content (AvgIpc) is 3.30. The van der Waals surface area contributed by atoms with Crippen LogP contribution < -0.4 is 5.56 Å². The Morgan fingerprint density at radius 2 is 1.70 bits per heavy atom. The maximum absolute atomic E-state index is 13.6. The minimum atomic E-state index is -1.02. The van der Waals surface area contributed by atoms with Gasteiger partial charge in [0.05, 0.1) is 23.0 Å². The van der Waals surface area contributed by atoms with E-state index in [1.165, 1.54) is 12.3 Å². The fourth-order valence-corrected chi connectivity index (χ4v) is 3.97. The van der Waals surface area contributed by atoms with Gasteiger partial charge in [0.1, 0.15) is 0 Å². The molecule has 0 aliphatic carbocycles. The number of carbonyl (C=O) groups is 1. The van der Waals surface area contributed by atoms with Gasteiger partial charge in [-0.3, -0.25) is 9.59 Å². The molecule has 0 unspecified atom stereocenters. The van der Waals surface area contributed by atoms with Gasteiger partial charge in [-0.1, -0.05) is 0 Å². The van der Waals surface area contributed by atoms with E-state index in [9.17, 15) is 18.4 Å². The van der Waals surface area contributed by atoms with Gasteiger partial charge in [0.15, 0.2) is 11.6 Å². The van der Waals surface area contributed by atoms with Crippen LogP contribution in [0.5, 0.6) is 0 Å². The van der Waals surface area contributed by atoms with Gasteiger partial charge >= 0.3 is 0 Å². The molecule has 33 heavy (non-hydrogen) atoms. The van der Waals surface area contributed by atoms with Crippen LogP contribution in [-0.4, -0.2) is 63.7 Å². The molecule has 1 fully saturated rings. The van der Waals surface area contributed by atoms with E-state index in [0.29, 0.717) is 35.2 Å². The summed E-state index contributed by atoms with van der Waals surface area (Å²) in [5, 5.41) is 4.70. The third-order valence-electron chi connectivity index (χ3n) is 5.95. The number of likely N-dealkylation sites (N-methyl/N-ethyl adjacent to an activating group) is 1. The molecule has 0 bridgehead atoms. The molecule has 9 heteroatoms. The number of rotatable bonds is 3. The van der Waals surface area contributed by atoms with Gasteiger partial charge in [-0.05, 0) is 43.4 Å². The number of pyridine rings is 1. The number of halogens is 2. The Hall–Kier alpha value is -3.85. The van der Waals surface area contributed by atoms with Crippen molar-refractivity contribution in [1.82, 2.24) is 24.6 Å². The molecule has 0 radical (unpaired) electrons. The number of nitrogens with zero attached hydrogens (tertiary/aromatic N) is 4. The average molecular weight is 449 g/mol. The first kappa shape index (κ1) is 21.0. The molecule has 0 saturated carbocycles. The van der Waals surface area contributed by atoms with Crippen molar-refractivity contribution in [3.05, 3.63) is 82.4 Å². The Kier molecular flexibility index (Phi) is 5.26. The van der Waals surface area contributed by atoms with Gasteiger partial charge in [-0.25, -0.2) is 13.5 Å². The lowest BCUT2D eigenvalue weighted by atomic mass is 10.1. The molecule has 1 aliphatic rings. The lowest BCUT2D eigenvalue weighted by Crippen LogP contribution is -2.47. The topological polar surface area (TPSA) is 74.2 Å². The van der Waals surface area contributed by atoms with Crippen molar-refractivity contribution in [3.8, 4) is 16.8 Å². The minimum Gasteiger partial charge on any atom is -0.336 e. The van der Waals surface area contributed by atoms with Gasteiger partial charge in [0.2, 0.25) is 0 Å². The second-order valence-electron chi connectivity index (χ2n) is 8.18. The van der Waals surface area contributed by atoms with Crippen molar-refractivity contribution in [2.45, 2.75) is 0 Å². The van der Waals surface area contributed by atoms with Crippen LogP contribution in [0.3, 0.4) is 0 Å². The summed E-state index contributed by atoms with van der Waals surface area (Å²) in [6, 6.07) is 10.6. The molecule has 1 saturated heterocycles. The molecule has 168 valence electrons. The van der Waals surface area contributed by atoms with Crippen LogP contribution in [-0.2, 0) is 0 Å². The van der Waals surface area contributed by atoms with Crippen molar-refractivity contribution >= 4 is 16.8 Å².